The number of fused-ring (bicyclic) bond motifs is 1. The van der Waals surface area contributed by atoms with Gasteiger partial charge >= 0.3 is 0 Å². The number of halogens is 2. The first-order valence-electron chi connectivity index (χ1n) is 9.05. The number of anilines is 1. The number of aromatic nitrogens is 2. The number of benzene rings is 2. The SMILES string of the molecule is Cc1ccc(-c2ccc(F)c([C@@H](C)Nc3c(Cl)cnc4ccccc34)c2)cn1. The maximum atomic E-state index is 14.6. The first-order chi connectivity index (χ1) is 13.5. The van der Waals surface area contributed by atoms with Crippen molar-refractivity contribution in [1.29, 1.82) is 0 Å². The fraction of sp³-hybridized carbons (Fsp3) is 0.130. The van der Waals surface area contributed by atoms with E-state index in [9.17, 15) is 4.39 Å². The molecule has 0 aliphatic heterocycles. The van der Waals surface area contributed by atoms with E-state index in [4.69, 9.17) is 11.6 Å². The number of aryl methyl sites for hydroxylation is 1. The molecule has 1 atom stereocenters. The Hall–Kier alpha value is -2.98. The summed E-state index contributed by atoms with van der Waals surface area (Å²) in [6.45, 7) is 3.86. The lowest BCUT2D eigenvalue weighted by molar-refractivity contribution is 0.600. The number of rotatable bonds is 4. The van der Waals surface area contributed by atoms with E-state index in [1.54, 1.807) is 18.5 Å². The van der Waals surface area contributed by atoms with E-state index >= 15 is 0 Å². The summed E-state index contributed by atoms with van der Waals surface area (Å²) in [5.41, 5.74) is 4.97. The second kappa shape index (κ2) is 7.56. The predicted molar refractivity (Wildman–Crippen MR) is 113 cm³/mol. The van der Waals surface area contributed by atoms with Crippen LogP contribution in [0.25, 0.3) is 22.0 Å². The Bertz CT molecular complexity index is 1140. The molecule has 0 fully saturated rings. The third-order valence-electron chi connectivity index (χ3n) is 4.80. The van der Waals surface area contributed by atoms with Crippen molar-refractivity contribution in [3.05, 3.63) is 89.1 Å². The van der Waals surface area contributed by atoms with Gasteiger partial charge in [-0.1, -0.05) is 41.9 Å². The van der Waals surface area contributed by atoms with Crippen LogP contribution in [-0.4, -0.2) is 9.97 Å². The van der Waals surface area contributed by atoms with E-state index in [1.165, 1.54) is 6.07 Å². The van der Waals surface area contributed by atoms with Gasteiger partial charge in [0.05, 0.1) is 22.3 Å². The molecule has 2 aromatic heterocycles. The summed E-state index contributed by atoms with van der Waals surface area (Å²) in [7, 11) is 0. The molecule has 0 amide bonds. The fourth-order valence-corrected chi connectivity index (χ4v) is 3.46. The zero-order valence-corrected chi connectivity index (χ0v) is 16.3. The second-order valence-electron chi connectivity index (χ2n) is 6.79. The van der Waals surface area contributed by atoms with Crippen molar-refractivity contribution in [3.63, 3.8) is 0 Å². The molecule has 28 heavy (non-hydrogen) atoms. The monoisotopic (exact) mass is 391 g/mol. The van der Waals surface area contributed by atoms with Crippen molar-refractivity contribution in [3.8, 4) is 11.1 Å². The molecule has 140 valence electrons. The molecule has 1 N–H and O–H groups in total. The minimum absolute atomic E-state index is 0.265. The summed E-state index contributed by atoms with van der Waals surface area (Å²) in [5.74, 6) is -0.265. The van der Waals surface area contributed by atoms with Crippen LogP contribution in [0.4, 0.5) is 10.1 Å². The summed E-state index contributed by atoms with van der Waals surface area (Å²) in [4.78, 5) is 8.68. The lowest BCUT2D eigenvalue weighted by Gasteiger charge is -2.19. The summed E-state index contributed by atoms with van der Waals surface area (Å²) in [6, 6.07) is 16.5. The van der Waals surface area contributed by atoms with Crippen LogP contribution in [0.5, 0.6) is 0 Å². The number of pyridine rings is 2. The quantitative estimate of drug-likeness (QED) is 0.427. The van der Waals surface area contributed by atoms with Gasteiger partial charge in [0.1, 0.15) is 5.82 Å². The van der Waals surface area contributed by atoms with Crippen molar-refractivity contribution in [2.75, 3.05) is 5.32 Å². The lowest BCUT2D eigenvalue weighted by Crippen LogP contribution is -2.10. The van der Waals surface area contributed by atoms with Crippen LogP contribution in [0.15, 0.2) is 67.0 Å². The molecule has 0 unspecified atom stereocenters. The van der Waals surface area contributed by atoms with Crippen molar-refractivity contribution >= 4 is 28.2 Å². The van der Waals surface area contributed by atoms with E-state index < -0.39 is 0 Å². The van der Waals surface area contributed by atoms with Crippen LogP contribution in [0.3, 0.4) is 0 Å². The van der Waals surface area contributed by atoms with Crippen LogP contribution >= 0.6 is 11.6 Å². The Morgan fingerprint density at radius 3 is 2.54 bits per heavy atom. The number of hydrogen-bond acceptors (Lipinski definition) is 3. The molecule has 0 saturated heterocycles. The minimum Gasteiger partial charge on any atom is -0.377 e. The van der Waals surface area contributed by atoms with Gasteiger partial charge in [0.2, 0.25) is 0 Å². The van der Waals surface area contributed by atoms with Crippen LogP contribution in [-0.2, 0) is 0 Å². The number of nitrogens with zero attached hydrogens (tertiary/aromatic N) is 2. The fourth-order valence-electron chi connectivity index (χ4n) is 3.25. The van der Waals surface area contributed by atoms with E-state index in [2.05, 4.69) is 15.3 Å². The summed E-state index contributed by atoms with van der Waals surface area (Å²) < 4.78 is 14.6. The maximum absolute atomic E-state index is 14.6. The molecule has 2 heterocycles. The molecule has 0 aliphatic carbocycles. The third kappa shape index (κ3) is 3.56. The number of nitrogens with one attached hydrogen (secondary N) is 1. The molecule has 3 nitrogen and oxygen atoms in total. The molecular formula is C23H19ClFN3. The van der Waals surface area contributed by atoms with E-state index in [1.807, 2.05) is 56.3 Å². The van der Waals surface area contributed by atoms with Gasteiger partial charge in [0.25, 0.3) is 0 Å². The van der Waals surface area contributed by atoms with Gasteiger partial charge in [-0.15, -0.1) is 0 Å². The molecule has 5 heteroatoms. The van der Waals surface area contributed by atoms with Crippen molar-refractivity contribution in [2.24, 2.45) is 0 Å². The molecule has 0 saturated carbocycles. The van der Waals surface area contributed by atoms with Gasteiger partial charge < -0.3 is 5.32 Å². The summed E-state index contributed by atoms with van der Waals surface area (Å²) in [5, 5.41) is 4.78. The minimum atomic E-state index is -0.290. The van der Waals surface area contributed by atoms with Crippen molar-refractivity contribution in [2.45, 2.75) is 19.9 Å². The molecule has 4 aromatic rings. The second-order valence-corrected chi connectivity index (χ2v) is 7.20. The van der Waals surface area contributed by atoms with Crippen LogP contribution in [0, 0.1) is 12.7 Å². The largest absolute Gasteiger partial charge is 0.377 e. The van der Waals surface area contributed by atoms with Crippen molar-refractivity contribution < 1.29 is 4.39 Å². The number of para-hydroxylation sites is 1. The molecule has 0 bridgehead atoms. The molecule has 0 radical (unpaired) electrons. The Labute approximate surface area is 168 Å². The summed E-state index contributed by atoms with van der Waals surface area (Å²) >= 11 is 6.39. The third-order valence-corrected chi connectivity index (χ3v) is 5.08. The van der Waals surface area contributed by atoms with Crippen molar-refractivity contribution in [1.82, 2.24) is 9.97 Å². The highest BCUT2D eigenvalue weighted by atomic mass is 35.5. The zero-order valence-electron chi connectivity index (χ0n) is 15.6. The lowest BCUT2D eigenvalue weighted by atomic mass is 10.00. The van der Waals surface area contributed by atoms with E-state index in [0.717, 1.165) is 33.4 Å². The first-order valence-corrected chi connectivity index (χ1v) is 9.43. The van der Waals surface area contributed by atoms with Crippen LogP contribution in [0.1, 0.15) is 24.2 Å². The van der Waals surface area contributed by atoms with Gasteiger partial charge in [-0.25, -0.2) is 4.39 Å². The molecule has 4 rings (SSSR count). The highest BCUT2D eigenvalue weighted by Gasteiger charge is 2.16. The maximum Gasteiger partial charge on any atom is 0.128 e. The van der Waals surface area contributed by atoms with Gasteiger partial charge in [-0.05, 0) is 43.7 Å². The molecule has 0 aliphatic rings. The molecule has 0 spiro atoms. The average molecular weight is 392 g/mol. The predicted octanol–water partition coefficient (Wildman–Crippen LogP) is 6.57. The van der Waals surface area contributed by atoms with Crippen LogP contribution < -0.4 is 5.32 Å². The highest BCUT2D eigenvalue weighted by Crippen LogP contribution is 2.34. The molecule has 2 aromatic carbocycles. The normalized spacial score (nSPS) is 12.1. The standard InChI is InChI=1S/C23H19ClFN3/c1-14-7-8-17(12-26-14)16-9-10-21(25)19(11-16)15(2)28-23-18-5-3-4-6-22(18)27-13-20(23)24/h3-13,15H,1-2H3,(H,27,28)/t15-/m1/s1. The van der Waals surface area contributed by atoms with Gasteiger partial charge in [0, 0.05) is 34.6 Å². The van der Waals surface area contributed by atoms with Crippen LogP contribution in [0.2, 0.25) is 5.02 Å². The molecular weight excluding hydrogens is 373 g/mol. The topological polar surface area (TPSA) is 37.8 Å². The van der Waals surface area contributed by atoms with Gasteiger partial charge in [-0.2, -0.15) is 0 Å². The Morgan fingerprint density at radius 2 is 1.75 bits per heavy atom. The highest BCUT2D eigenvalue weighted by molar-refractivity contribution is 6.34. The Kier molecular flexibility index (Phi) is 4.97. The summed E-state index contributed by atoms with van der Waals surface area (Å²) in [6.07, 6.45) is 3.42. The van der Waals surface area contributed by atoms with Gasteiger partial charge in [0.15, 0.2) is 0 Å². The average Bonchev–Trinajstić information content (AvgIpc) is 2.71. The smallest absolute Gasteiger partial charge is 0.128 e. The Balaban J connectivity index is 1.71. The number of hydrogen-bond donors (Lipinski definition) is 1. The van der Waals surface area contributed by atoms with E-state index in [-0.39, 0.29) is 11.9 Å². The van der Waals surface area contributed by atoms with E-state index in [0.29, 0.717) is 10.6 Å². The first kappa shape index (κ1) is 18.4. The zero-order chi connectivity index (χ0) is 19.7. The Morgan fingerprint density at radius 1 is 0.964 bits per heavy atom. The van der Waals surface area contributed by atoms with Gasteiger partial charge in [-0.3, -0.25) is 9.97 Å².